The Morgan fingerprint density at radius 3 is 2.60 bits per heavy atom. The predicted molar refractivity (Wildman–Crippen MR) is 69.4 cm³/mol. The molecule has 1 aromatic heterocycles. The summed E-state index contributed by atoms with van der Waals surface area (Å²) in [5.74, 6) is 0.112. The highest BCUT2D eigenvalue weighted by molar-refractivity contribution is 9.10. The van der Waals surface area contributed by atoms with Crippen LogP contribution in [0.5, 0.6) is 11.5 Å². The summed E-state index contributed by atoms with van der Waals surface area (Å²) in [5.41, 5.74) is 0.860. The molecule has 0 spiro atoms. The van der Waals surface area contributed by atoms with Crippen LogP contribution in [0, 0.1) is 0 Å². The normalized spacial score (nSPS) is 11.2. The van der Waals surface area contributed by atoms with Crippen LogP contribution < -0.4 is 9.47 Å². The fraction of sp³-hybridized carbons (Fsp3) is 0.154. The summed E-state index contributed by atoms with van der Waals surface area (Å²) < 4.78 is 45.8. The van der Waals surface area contributed by atoms with E-state index in [2.05, 4.69) is 25.7 Å². The molecule has 0 fully saturated rings. The number of benzene rings is 1. The average molecular weight is 348 g/mol. The Morgan fingerprint density at radius 1 is 1.20 bits per heavy atom. The van der Waals surface area contributed by atoms with Crippen molar-refractivity contribution in [1.82, 2.24) is 4.98 Å². The minimum atomic E-state index is -4.72. The fourth-order valence-corrected chi connectivity index (χ4v) is 1.87. The summed E-state index contributed by atoms with van der Waals surface area (Å²) in [7, 11) is 0. The van der Waals surface area contributed by atoms with E-state index < -0.39 is 6.36 Å². The lowest BCUT2D eigenvalue weighted by Gasteiger charge is -2.12. The Hall–Kier alpha value is -1.76. The van der Waals surface area contributed by atoms with E-state index in [-0.39, 0.29) is 16.8 Å². The number of halogens is 4. The fourth-order valence-electron chi connectivity index (χ4n) is 1.43. The van der Waals surface area contributed by atoms with E-state index in [0.717, 1.165) is 5.56 Å². The first kappa shape index (κ1) is 14.6. The number of nitrogens with zero attached hydrogens (tertiary/aromatic N) is 1. The number of alkyl halides is 3. The van der Waals surface area contributed by atoms with E-state index in [1.807, 2.05) is 6.07 Å². The number of aromatic nitrogens is 1. The number of pyridine rings is 1. The molecule has 1 heterocycles. The summed E-state index contributed by atoms with van der Waals surface area (Å²) >= 11 is 3.01. The van der Waals surface area contributed by atoms with Crippen molar-refractivity contribution in [3.63, 3.8) is 0 Å². The van der Waals surface area contributed by atoms with Gasteiger partial charge in [0.25, 0.3) is 0 Å². The topological polar surface area (TPSA) is 31.4 Å². The van der Waals surface area contributed by atoms with Gasteiger partial charge in [-0.3, -0.25) is 4.98 Å². The first-order valence-corrected chi connectivity index (χ1v) is 6.30. The summed E-state index contributed by atoms with van der Waals surface area (Å²) in [6.07, 6.45) is -1.43. The van der Waals surface area contributed by atoms with Gasteiger partial charge in [-0.05, 0) is 40.2 Å². The zero-order valence-electron chi connectivity index (χ0n) is 10.0. The zero-order valence-corrected chi connectivity index (χ0v) is 11.6. The Balaban J connectivity index is 2.02. The smallest absolute Gasteiger partial charge is 0.489 e. The van der Waals surface area contributed by atoms with Gasteiger partial charge in [-0.1, -0.05) is 6.07 Å². The molecule has 2 aromatic rings. The third-order valence-electron chi connectivity index (χ3n) is 2.26. The molecule has 0 amide bonds. The molecular weight excluding hydrogens is 339 g/mol. The molecule has 3 nitrogen and oxygen atoms in total. The van der Waals surface area contributed by atoms with Gasteiger partial charge in [-0.2, -0.15) is 0 Å². The first-order valence-electron chi connectivity index (χ1n) is 5.51. The maximum atomic E-state index is 12.1. The molecule has 0 saturated heterocycles. The van der Waals surface area contributed by atoms with Gasteiger partial charge >= 0.3 is 6.36 Å². The quantitative estimate of drug-likeness (QED) is 0.825. The van der Waals surface area contributed by atoms with E-state index in [0.29, 0.717) is 5.75 Å². The van der Waals surface area contributed by atoms with E-state index in [1.165, 1.54) is 18.2 Å². The molecule has 0 atom stereocenters. The Morgan fingerprint density at radius 2 is 2.00 bits per heavy atom. The van der Waals surface area contributed by atoms with Crippen molar-refractivity contribution in [3.8, 4) is 11.5 Å². The second-order valence-corrected chi connectivity index (χ2v) is 4.64. The van der Waals surface area contributed by atoms with Crippen molar-refractivity contribution in [2.45, 2.75) is 13.0 Å². The van der Waals surface area contributed by atoms with E-state index >= 15 is 0 Å². The van der Waals surface area contributed by atoms with Crippen molar-refractivity contribution in [1.29, 1.82) is 0 Å². The Kier molecular flexibility index (Phi) is 4.49. The number of hydrogen-bond acceptors (Lipinski definition) is 3. The van der Waals surface area contributed by atoms with E-state index in [9.17, 15) is 13.2 Å². The molecular formula is C13H9BrF3NO2. The molecule has 7 heteroatoms. The molecule has 0 bridgehead atoms. The van der Waals surface area contributed by atoms with Crippen molar-refractivity contribution in [3.05, 3.63) is 52.8 Å². The molecule has 0 N–H and O–H groups in total. The highest BCUT2D eigenvalue weighted by atomic mass is 79.9. The third kappa shape index (κ3) is 4.41. The molecule has 0 unspecified atom stereocenters. The highest BCUT2D eigenvalue weighted by Gasteiger charge is 2.31. The minimum Gasteiger partial charge on any atom is -0.489 e. The minimum absolute atomic E-state index is 0.165. The SMILES string of the molecule is FC(F)(F)Oc1ccc(OCc2cccnc2)cc1Br. The van der Waals surface area contributed by atoms with Gasteiger partial charge in [-0.15, -0.1) is 13.2 Å². The Labute approximate surface area is 121 Å². The summed E-state index contributed by atoms with van der Waals surface area (Å²) in [6, 6.07) is 7.62. The van der Waals surface area contributed by atoms with Crippen LogP contribution in [0.1, 0.15) is 5.56 Å². The number of rotatable bonds is 4. The van der Waals surface area contributed by atoms with Crippen LogP contribution in [0.4, 0.5) is 13.2 Å². The van der Waals surface area contributed by atoms with Gasteiger partial charge in [0.15, 0.2) is 0 Å². The van der Waals surface area contributed by atoms with Gasteiger partial charge in [0.05, 0.1) is 4.47 Å². The van der Waals surface area contributed by atoms with Crippen LogP contribution in [-0.2, 0) is 6.61 Å². The maximum absolute atomic E-state index is 12.1. The molecule has 20 heavy (non-hydrogen) atoms. The van der Waals surface area contributed by atoms with Crippen molar-refractivity contribution in [2.75, 3.05) is 0 Å². The molecule has 0 radical (unpaired) electrons. The summed E-state index contributed by atoms with van der Waals surface area (Å²) in [5, 5.41) is 0. The van der Waals surface area contributed by atoms with Crippen molar-refractivity contribution in [2.24, 2.45) is 0 Å². The summed E-state index contributed by atoms with van der Waals surface area (Å²) in [4.78, 5) is 3.93. The van der Waals surface area contributed by atoms with Gasteiger partial charge < -0.3 is 9.47 Å². The monoisotopic (exact) mass is 347 g/mol. The maximum Gasteiger partial charge on any atom is 0.573 e. The van der Waals surface area contributed by atoms with E-state index in [1.54, 1.807) is 18.5 Å². The number of hydrogen-bond donors (Lipinski definition) is 0. The van der Waals surface area contributed by atoms with Crippen LogP contribution in [-0.4, -0.2) is 11.3 Å². The first-order chi connectivity index (χ1) is 9.44. The molecule has 1 aromatic carbocycles. The second-order valence-electron chi connectivity index (χ2n) is 3.79. The predicted octanol–water partition coefficient (Wildman–Crippen LogP) is 4.32. The van der Waals surface area contributed by atoms with Crippen LogP contribution >= 0.6 is 15.9 Å². The van der Waals surface area contributed by atoms with Gasteiger partial charge in [0.1, 0.15) is 18.1 Å². The molecule has 0 aliphatic carbocycles. The number of ether oxygens (including phenoxy) is 2. The standard InChI is InChI=1S/C13H9BrF3NO2/c14-11-6-10(3-4-12(11)20-13(15,16)17)19-8-9-2-1-5-18-7-9/h1-7H,8H2. The average Bonchev–Trinajstić information content (AvgIpc) is 2.39. The zero-order chi connectivity index (χ0) is 14.6. The largest absolute Gasteiger partial charge is 0.573 e. The lowest BCUT2D eigenvalue weighted by Crippen LogP contribution is -2.17. The van der Waals surface area contributed by atoms with Crippen molar-refractivity contribution < 1.29 is 22.6 Å². The molecule has 0 saturated carbocycles. The lowest BCUT2D eigenvalue weighted by molar-refractivity contribution is -0.274. The highest BCUT2D eigenvalue weighted by Crippen LogP contribution is 2.33. The molecule has 2 rings (SSSR count). The van der Waals surface area contributed by atoms with Gasteiger partial charge in [-0.25, -0.2) is 0 Å². The molecule has 0 aliphatic heterocycles. The van der Waals surface area contributed by atoms with Gasteiger partial charge in [0.2, 0.25) is 0 Å². The van der Waals surface area contributed by atoms with Crippen molar-refractivity contribution >= 4 is 15.9 Å². The molecule has 106 valence electrons. The Bertz CT molecular complexity index is 576. The van der Waals surface area contributed by atoms with Gasteiger partial charge in [0, 0.05) is 18.0 Å². The molecule has 0 aliphatic rings. The lowest BCUT2D eigenvalue weighted by atomic mass is 10.3. The third-order valence-corrected chi connectivity index (χ3v) is 2.88. The van der Waals surface area contributed by atoms with Crippen LogP contribution in [0.15, 0.2) is 47.2 Å². The van der Waals surface area contributed by atoms with E-state index in [4.69, 9.17) is 4.74 Å². The second kappa shape index (κ2) is 6.13. The van der Waals surface area contributed by atoms with Crippen LogP contribution in [0.25, 0.3) is 0 Å². The summed E-state index contributed by atoms with van der Waals surface area (Å²) in [6.45, 7) is 0.278. The van der Waals surface area contributed by atoms with Crippen LogP contribution in [0.3, 0.4) is 0 Å². The van der Waals surface area contributed by atoms with Crippen LogP contribution in [0.2, 0.25) is 0 Å².